The second kappa shape index (κ2) is 7.40. The summed E-state index contributed by atoms with van der Waals surface area (Å²) in [5, 5.41) is 1.03. The number of benzene rings is 2. The van der Waals surface area contributed by atoms with Crippen LogP contribution < -0.4 is 10.4 Å². The van der Waals surface area contributed by atoms with Gasteiger partial charge in [0.15, 0.2) is 6.61 Å². The number of halogens is 1. The molecule has 0 aliphatic heterocycles. The number of esters is 1. The molecule has 0 atom stereocenters. The van der Waals surface area contributed by atoms with Gasteiger partial charge in [0.25, 0.3) is 0 Å². The standard InChI is InChI=1S/C19H15ClO5/c1-12-7-18(21)25-16-9-17(15(20)8-14(12)16)23-11-19(22)24-10-13-5-3-2-4-6-13/h2-9H,10-11H2,1H3. The number of fused-ring (bicyclic) bond motifs is 1. The van der Waals surface area contributed by atoms with Crippen LogP contribution in [0.25, 0.3) is 11.0 Å². The van der Waals surface area contributed by atoms with Crippen LogP contribution in [0.2, 0.25) is 5.02 Å². The quantitative estimate of drug-likeness (QED) is 0.511. The third kappa shape index (κ3) is 4.19. The Morgan fingerprint density at radius 1 is 1.16 bits per heavy atom. The first-order valence-electron chi connectivity index (χ1n) is 7.59. The van der Waals surface area contributed by atoms with Crippen molar-refractivity contribution in [3.8, 4) is 5.75 Å². The summed E-state index contributed by atoms with van der Waals surface area (Å²) in [5.74, 6) is -0.273. The van der Waals surface area contributed by atoms with Crippen molar-refractivity contribution in [2.45, 2.75) is 13.5 Å². The Hall–Kier alpha value is -2.79. The van der Waals surface area contributed by atoms with Crippen LogP contribution in [-0.4, -0.2) is 12.6 Å². The summed E-state index contributed by atoms with van der Waals surface area (Å²) < 4.78 is 15.7. The van der Waals surface area contributed by atoms with Gasteiger partial charge in [0, 0.05) is 17.5 Å². The van der Waals surface area contributed by atoms with Gasteiger partial charge in [-0.15, -0.1) is 0 Å². The summed E-state index contributed by atoms with van der Waals surface area (Å²) in [7, 11) is 0. The Labute approximate surface area is 148 Å². The molecule has 0 spiro atoms. The van der Waals surface area contributed by atoms with Gasteiger partial charge in [0.05, 0.1) is 5.02 Å². The fraction of sp³-hybridized carbons (Fsp3) is 0.158. The first kappa shape index (κ1) is 17.0. The lowest BCUT2D eigenvalue weighted by Gasteiger charge is -2.10. The average molecular weight is 359 g/mol. The molecular formula is C19H15ClO5. The molecule has 0 N–H and O–H groups in total. The molecule has 0 amide bonds. The smallest absolute Gasteiger partial charge is 0.344 e. The molecule has 1 aromatic heterocycles. The molecule has 0 aliphatic rings. The van der Waals surface area contributed by atoms with Crippen molar-refractivity contribution in [1.29, 1.82) is 0 Å². The molecule has 5 nitrogen and oxygen atoms in total. The molecule has 3 aromatic rings. The number of hydrogen-bond acceptors (Lipinski definition) is 5. The molecular weight excluding hydrogens is 344 g/mol. The zero-order valence-electron chi connectivity index (χ0n) is 13.5. The van der Waals surface area contributed by atoms with Crippen molar-refractivity contribution in [2.75, 3.05) is 6.61 Å². The molecule has 0 radical (unpaired) electrons. The van der Waals surface area contributed by atoms with Crippen LogP contribution >= 0.6 is 11.6 Å². The van der Waals surface area contributed by atoms with Crippen molar-refractivity contribution >= 4 is 28.5 Å². The summed E-state index contributed by atoms with van der Waals surface area (Å²) in [6.45, 7) is 1.66. The van der Waals surface area contributed by atoms with Crippen LogP contribution in [0.5, 0.6) is 5.75 Å². The topological polar surface area (TPSA) is 65.7 Å². The van der Waals surface area contributed by atoms with Crippen molar-refractivity contribution in [1.82, 2.24) is 0 Å². The van der Waals surface area contributed by atoms with Crippen LogP contribution in [0, 0.1) is 6.92 Å². The third-order valence-corrected chi connectivity index (χ3v) is 3.89. The Balaban J connectivity index is 1.67. The van der Waals surface area contributed by atoms with E-state index in [1.807, 2.05) is 30.3 Å². The second-order valence-electron chi connectivity index (χ2n) is 5.46. The lowest BCUT2D eigenvalue weighted by Crippen LogP contribution is -2.15. The van der Waals surface area contributed by atoms with E-state index in [-0.39, 0.29) is 19.0 Å². The highest BCUT2D eigenvalue weighted by molar-refractivity contribution is 6.32. The summed E-state index contributed by atoms with van der Waals surface area (Å²) in [6, 6.07) is 13.9. The van der Waals surface area contributed by atoms with Crippen molar-refractivity contribution < 1.29 is 18.7 Å². The number of aryl methyl sites for hydroxylation is 1. The van der Waals surface area contributed by atoms with E-state index >= 15 is 0 Å². The van der Waals surface area contributed by atoms with E-state index in [0.717, 1.165) is 11.1 Å². The van der Waals surface area contributed by atoms with Gasteiger partial charge in [-0.1, -0.05) is 41.9 Å². The average Bonchev–Trinajstić information content (AvgIpc) is 2.60. The minimum absolute atomic E-state index is 0.169. The maximum Gasteiger partial charge on any atom is 0.344 e. The summed E-state index contributed by atoms with van der Waals surface area (Å²) in [5.41, 5.74) is 1.53. The molecule has 128 valence electrons. The minimum atomic E-state index is -0.522. The highest BCUT2D eigenvalue weighted by Gasteiger charge is 2.11. The van der Waals surface area contributed by atoms with Crippen LogP contribution in [0.3, 0.4) is 0 Å². The van der Waals surface area contributed by atoms with Gasteiger partial charge in [-0.2, -0.15) is 0 Å². The van der Waals surface area contributed by atoms with E-state index in [2.05, 4.69) is 0 Å². The zero-order chi connectivity index (χ0) is 17.8. The van der Waals surface area contributed by atoms with E-state index in [1.54, 1.807) is 13.0 Å². The van der Waals surface area contributed by atoms with E-state index in [9.17, 15) is 9.59 Å². The normalized spacial score (nSPS) is 10.6. The van der Waals surface area contributed by atoms with Gasteiger partial charge in [-0.05, 0) is 24.1 Å². The Kier molecular flexibility index (Phi) is 5.05. The molecule has 3 rings (SSSR count). The highest BCUT2D eigenvalue weighted by Crippen LogP contribution is 2.31. The molecule has 0 bridgehead atoms. The molecule has 0 fully saturated rings. The Morgan fingerprint density at radius 3 is 2.68 bits per heavy atom. The first-order chi connectivity index (χ1) is 12.0. The number of hydrogen-bond donors (Lipinski definition) is 0. The predicted octanol–water partition coefficient (Wildman–Crippen LogP) is 3.88. The highest BCUT2D eigenvalue weighted by atomic mass is 35.5. The fourth-order valence-electron chi connectivity index (χ4n) is 2.35. The summed E-state index contributed by atoms with van der Waals surface area (Å²) in [6.07, 6.45) is 0. The van der Waals surface area contributed by atoms with Gasteiger partial charge < -0.3 is 13.9 Å². The van der Waals surface area contributed by atoms with Gasteiger partial charge in [-0.25, -0.2) is 9.59 Å². The molecule has 0 unspecified atom stereocenters. The van der Waals surface area contributed by atoms with Crippen LogP contribution in [0.4, 0.5) is 0 Å². The van der Waals surface area contributed by atoms with Crippen molar-refractivity contribution in [2.24, 2.45) is 0 Å². The molecule has 25 heavy (non-hydrogen) atoms. The summed E-state index contributed by atoms with van der Waals surface area (Å²) in [4.78, 5) is 23.3. The molecule has 6 heteroatoms. The lowest BCUT2D eigenvalue weighted by molar-refractivity contribution is -0.147. The van der Waals surface area contributed by atoms with Gasteiger partial charge in [0.1, 0.15) is 17.9 Å². The molecule has 0 aliphatic carbocycles. The third-order valence-electron chi connectivity index (χ3n) is 3.59. The maximum absolute atomic E-state index is 11.8. The van der Waals surface area contributed by atoms with Crippen LogP contribution in [-0.2, 0) is 16.1 Å². The van der Waals surface area contributed by atoms with E-state index in [0.29, 0.717) is 16.0 Å². The predicted molar refractivity (Wildman–Crippen MR) is 94.0 cm³/mol. The maximum atomic E-state index is 11.8. The summed E-state index contributed by atoms with van der Waals surface area (Å²) >= 11 is 6.17. The first-order valence-corrected chi connectivity index (χ1v) is 7.97. The fourth-order valence-corrected chi connectivity index (χ4v) is 2.56. The van der Waals surface area contributed by atoms with Gasteiger partial charge in [-0.3, -0.25) is 0 Å². The monoisotopic (exact) mass is 358 g/mol. The van der Waals surface area contributed by atoms with E-state index in [4.69, 9.17) is 25.5 Å². The SMILES string of the molecule is Cc1cc(=O)oc2cc(OCC(=O)OCc3ccccc3)c(Cl)cc12. The molecule has 0 saturated carbocycles. The van der Waals surface area contributed by atoms with Crippen LogP contribution in [0.1, 0.15) is 11.1 Å². The number of carbonyl (C=O) groups is 1. The minimum Gasteiger partial charge on any atom is -0.480 e. The molecule has 1 heterocycles. The molecule has 0 saturated heterocycles. The second-order valence-corrected chi connectivity index (χ2v) is 5.87. The molecule has 2 aromatic carbocycles. The number of ether oxygens (including phenoxy) is 2. The Bertz CT molecular complexity index is 963. The Morgan fingerprint density at radius 2 is 1.92 bits per heavy atom. The van der Waals surface area contributed by atoms with Crippen LogP contribution in [0.15, 0.2) is 57.7 Å². The lowest BCUT2D eigenvalue weighted by atomic mass is 10.1. The zero-order valence-corrected chi connectivity index (χ0v) is 14.2. The van der Waals surface area contributed by atoms with Gasteiger partial charge >= 0.3 is 11.6 Å². The van der Waals surface area contributed by atoms with Crippen molar-refractivity contribution in [3.05, 3.63) is 75.1 Å². The van der Waals surface area contributed by atoms with E-state index < -0.39 is 11.6 Å². The van der Waals surface area contributed by atoms with Gasteiger partial charge in [0.2, 0.25) is 0 Å². The largest absolute Gasteiger partial charge is 0.480 e. The van der Waals surface area contributed by atoms with Crippen molar-refractivity contribution in [3.63, 3.8) is 0 Å². The number of carbonyl (C=O) groups excluding carboxylic acids is 1. The van der Waals surface area contributed by atoms with E-state index in [1.165, 1.54) is 12.1 Å². The number of rotatable bonds is 5.